The number of fused-ring (bicyclic) bond motifs is 1. The second-order valence-corrected chi connectivity index (χ2v) is 7.99. The molecular formula is C25H24N6O2. The highest BCUT2D eigenvalue weighted by Gasteiger charge is 2.17. The molecule has 0 saturated carbocycles. The number of carbonyl (C=O) groups excluding carboxylic acids is 1. The van der Waals surface area contributed by atoms with Crippen LogP contribution in [0.5, 0.6) is 0 Å². The van der Waals surface area contributed by atoms with E-state index in [1.165, 1.54) is 11.1 Å². The van der Waals surface area contributed by atoms with Crippen LogP contribution in [0.25, 0.3) is 11.4 Å². The maximum Gasteiger partial charge on any atom is 0.227 e. The summed E-state index contributed by atoms with van der Waals surface area (Å²) < 4.78 is 5.25. The zero-order valence-electron chi connectivity index (χ0n) is 18.1. The summed E-state index contributed by atoms with van der Waals surface area (Å²) in [5.41, 5.74) is 4.56. The van der Waals surface area contributed by atoms with Gasteiger partial charge < -0.3 is 14.7 Å². The molecule has 0 aliphatic carbocycles. The van der Waals surface area contributed by atoms with E-state index in [1.807, 2.05) is 30.5 Å². The van der Waals surface area contributed by atoms with Gasteiger partial charge in [-0.05, 0) is 41.3 Å². The topological polar surface area (TPSA) is 97.0 Å². The van der Waals surface area contributed by atoms with Crippen LogP contribution in [0.4, 0.5) is 5.82 Å². The number of nitrogens with zero attached hydrogens (tertiary/aromatic N) is 5. The Balaban J connectivity index is 1.09. The molecule has 8 nitrogen and oxygen atoms in total. The summed E-state index contributed by atoms with van der Waals surface area (Å²) in [4.78, 5) is 27.5. The van der Waals surface area contributed by atoms with Crippen molar-refractivity contribution < 1.29 is 9.32 Å². The van der Waals surface area contributed by atoms with Crippen molar-refractivity contribution in [2.45, 2.75) is 32.4 Å². The van der Waals surface area contributed by atoms with E-state index >= 15 is 0 Å². The summed E-state index contributed by atoms with van der Waals surface area (Å²) in [5.74, 6) is 1.82. The molecule has 0 fully saturated rings. The fourth-order valence-corrected chi connectivity index (χ4v) is 3.88. The summed E-state index contributed by atoms with van der Waals surface area (Å²) in [5, 5.41) is 6.89. The first-order chi connectivity index (χ1) is 16.2. The second kappa shape index (κ2) is 9.60. The molecule has 0 spiro atoms. The normalized spacial score (nSPS) is 12.9. The molecule has 1 amide bonds. The van der Waals surface area contributed by atoms with Crippen molar-refractivity contribution in [3.63, 3.8) is 0 Å². The monoisotopic (exact) mass is 440 g/mol. The van der Waals surface area contributed by atoms with E-state index in [4.69, 9.17) is 4.52 Å². The van der Waals surface area contributed by atoms with Crippen LogP contribution in [0.3, 0.4) is 0 Å². The lowest BCUT2D eigenvalue weighted by atomic mass is 10.00. The number of rotatable bonds is 7. The lowest BCUT2D eigenvalue weighted by molar-refractivity contribution is -0.121. The molecule has 0 saturated heterocycles. The first-order valence-corrected chi connectivity index (χ1v) is 11.0. The van der Waals surface area contributed by atoms with Crippen LogP contribution in [-0.2, 0) is 30.7 Å². The summed E-state index contributed by atoms with van der Waals surface area (Å²) in [6, 6.07) is 16.2. The molecule has 4 aromatic rings. The number of carbonyl (C=O) groups is 1. The highest BCUT2D eigenvalue weighted by atomic mass is 16.5. The van der Waals surface area contributed by atoms with Crippen LogP contribution >= 0.6 is 0 Å². The van der Waals surface area contributed by atoms with Crippen LogP contribution in [0, 0.1) is 0 Å². The number of benzene rings is 1. The third kappa shape index (κ3) is 5.06. The number of aryl methyl sites for hydroxylation is 1. The van der Waals surface area contributed by atoms with Crippen molar-refractivity contribution in [3.8, 4) is 11.4 Å². The molecule has 166 valence electrons. The fourth-order valence-electron chi connectivity index (χ4n) is 3.88. The van der Waals surface area contributed by atoms with E-state index in [1.54, 1.807) is 12.4 Å². The number of amides is 1. The van der Waals surface area contributed by atoms with Gasteiger partial charge in [-0.1, -0.05) is 35.5 Å². The van der Waals surface area contributed by atoms with E-state index < -0.39 is 0 Å². The van der Waals surface area contributed by atoms with Gasteiger partial charge >= 0.3 is 0 Å². The number of hydrogen-bond donors (Lipinski definition) is 1. The van der Waals surface area contributed by atoms with Crippen LogP contribution in [0.2, 0.25) is 0 Å². The molecule has 8 heteroatoms. The predicted molar refractivity (Wildman–Crippen MR) is 123 cm³/mol. The molecule has 1 aromatic carbocycles. The van der Waals surface area contributed by atoms with Crippen LogP contribution in [-0.4, -0.2) is 32.6 Å². The Labute approximate surface area is 191 Å². The Morgan fingerprint density at radius 2 is 1.91 bits per heavy atom. The number of aromatic nitrogens is 4. The molecular weight excluding hydrogens is 416 g/mol. The zero-order chi connectivity index (χ0) is 22.5. The lowest BCUT2D eigenvalue weighted by Crippen LogP contribution is -2.31. The van der Waals surface area contributed by atoms with Crippen molar-refractivity contribution in [1.29, 1.82) is 0 Å². The van der Waals surface area contributed by atoms with Gasteiger partial charge in [0.05, 0.1) is 0 Å². The molecule has 3 aromatic heterocycles. The molecule has 0 atom stereocenters. The first kappa shape index (κ1) is 20.8. The average Bonchev–Trinajstić information content (AvgIpc) is 3.36. The van der Waals surface area contributed by atoms with Gasteiger partial charge in [0.2, 0.25) is 17.6 Å². The van der Waals surface area contributed by atoms with Crippen molar-refractivity contribution in [2.24, 2.45) is 0 Å². The molecule has 5 rings (SSSR count). The van der Waals surface area contributed by atoms with Crippen molar-refractivity contribution >= 4 is 11.7 Å². The largest absolute Gasteiger partial charge is 0.352 e. The molecule has 0 bridgehead atoms. The van der Waals surface area contributed by atoms with E-state index in [0.717, 1.165) is 36.5 Å². The summed E-state index contributed by atoms with van der Waals surface area (Å²) in [7, 11) is 0. The summed E-state index contributed by atoms with van der Waals surface area (Å²) in [6.45, 7) is 2.26. The van der Waals surface area contributed by atoms with Crippen LogP contribution < -0.4 is 10.2 Å². The summed E-state index contributed by atoms with van der Waals surface area (Å²) in [6.07, 6.45) is 6.86. The van der Waals surface area contributed by atoms with Crippen LogP contribution in [0.1, 0.15) is 29.0 Å². The Morgan fingerprint density at radius 3 is 2.73 bits per heavy atom. The maximum atomic E-state index is 12.3. The van der Waals surface area contributed by atoms with Gasteiger partial charge in [-0.3, -0.25) is 9.78 Å². The fraction of sp³-hybridized carbons (Fsp3) is 0.240. The number of anilines is 1. The van der Waals surface area contributed by atoms with E-state index in [-0.39, 0.29) is 12.3 Å². The third-order valence-electron chi connectivity index (χ3n) is 5.73. The zero-order valence-corrected chi connectivity index (χ0v) is 18.1. The molecule has 0 unspecified atom stereocenters. The molecule has 33 heavy (non-hydrogen) atoms. The Bertz CT molecular complexity index is 1220. The minimum atomic E-state index is -0.0737. The van der Waals surface area contributed by atoms with Gasteiger partial charge in [0.25, 0.3) is 0 Å². The van der Waals surface area contributed by atoms with Gasteiger partial charge in [0, 0.05) is 56.6 Å². The third-order valence-corrected chi connectivity index (χ3v) is 5.73. The summed E-state index contributed by atoms with van der Waals surface area (Å²) >= 11 is 0. The van der Waals surface area contributed by atoms with Gasteiger partial charge in [-0.15, -0.1) is 0 Å². The molecule has 1 aliphatic rings. The molecule has 1 N–H and O–H groups in total. The van der Waals surface area contributed by atoms with Crippen molar-refractivity contribution in [2.75, 3.05) is 11.4 Å². The maximum absolute atomic E-state index is 12.3. The minimum absolute atomic E-state index is 0.0737. The van der Waals surface area contributed by atoms with Gasteiger partial charge in [-0.25, -0.2) is 4.98 Å². The Kier molecular flexibility index (Phi) is 6.06. The van der Waals surface area contributed by atoms with Crippen molar-refractivity contribution in [3.05, 3.63) is 89.7 Å². The second-order valence-electron chi connectivity index (χ2n) is 7.99. The van der Waals surface area contributed by atoms with E-state index in [0.29, 0.717) is 24.7 Å². The number of hydrogen-bond acceptors (Lipinski definition) is 7. The highest BCUT2D eigenvalue weighted by molar-refractivity contribution is 5.76. The van der Waals surface area contributed by atoms with Gasteiger partial charge in [0.15, 0.2) is 0 Å². The highest BCUT2D eigenvalue weighted by Crippen LogP contribution is 2.23. The molecule has 0 radical (unpaired) electrons. The smallest absolute Gasteiger partial charge is 0.227 e. The first-order valence-electron chi connectivity index (χ1n) is 11.0. The Hall–Kier alpha value is -4.07. The minimum Gasteiger partial charge on any atom is -0.352 e. The van der Waals surface area contributed by atoms with Crippen LogP contribution in [0.15, 0.2) is 71.6 Å². The van der Waals surface area contributed by atoms with Gasteiger partial charge in [-0.2, -0.15) is 4.98 Å². The predicted octanol–water partition coefficient (Wildman–Crippen LogP) is 3.34. The lowest BCUT2D eigenvalue weighted by Gasteiger charge is -2.29. The SMILES string of the molecule is O=C(CCc1nc(-c2ccncc2)no1)NCc1ccc(N2CCc3ccccc3C2)nc1. The van der Waals surface area contributed by atoms with Crippen molar-refractivity contribution in [1.82, 2.24) is 25.4 Å². The quantitative estimate of drug-likeness (QED) is 0.471. The number of nitrogens with one attached hydrogen (secondary N) is 1. The van der Waals surface area contributed by atoms with Gasteiger partial charge in [0.1, 0.15) is 5.82 Å². The average molecular weight is 441 g/mol. The standard InChI is InChI=1S/C25H24N6O2/c32-23(7-8-24-29-25(30-33-24)20-9-12-26-13-10-20)28-16-18-5-6-22(27-15-18)31-14-11-19-3-1-2-4-21(19)17-31/h1-6,9-10,12-13,15H,7-8,11,14,16-17H2,(H,28,32). The molecule has 1 aliphatic heterocycles. The van der Waals surface area contributed by atoms with E-state index in [2.05, 4.69) is 54.6 Å². The Morgan fingerprint density at radius 1 is 1.06 bits per heavy atom. The number of pyridine rings is 2. The van der Waals surface area contributed by atoms with E-state index in [9.17, 15) is 4.79 Å². The molecule has 4 heterocycles.